The van der Waals surface area contributed by atoms with Crippen molar-refractivity contribution >= 4 is 16.7 Å². The van der Waals surface area contributed by atoms with E-state index in [0.29, 0.717) is 17.7 Å². The second kappa shape index (κ2) is 7.93. The minimum Gasteiger partial charge on any atom is -0.490 e. The van der Waals surface area contributed by atoms with E-state index in [2.05, 4.69) is 32.9 Å². The molecular formula is C24H26O4. The van der Waals surface area contributed by atoms with E-state index in [-0.39, 0.29) is 17.6 Å². The van der Waals surface area contributed by atoms with Crippen LogP contribution in [0.25, 0.3) is 10.8 Å². The van der Waals surface area contributed by atoms with E-state index >= 15 is 0 Å². The summed E-state index contributed by atoms with van der Waals surface area (Å²) in [6, 6.07) is 17.2. The van der Waals surface area contributed by atoms with Crippen molar-refractivity contribution in [3.63, 3.8) is 0 Å². The van der Waals surface area contributed by atoms with Gasteiger partial charge in [-0.05, 0) is 46.4 Å². The van der Waals surface area contributed by atoms with Gasteiger partial charge in [0.1, 0.15) is 30.3 Å². The molecule has 0 aliphatic rings. The minimum atomic E-state index is -0.999. The lowest BCUT2D eigenvalue weighted by Gasteiger charge is -2.23. The number of hydrogen-bond donors (Lipinski definition) is 1. The number of hydrogen-bond acceptors (Lipinski definition) is 3. The first-order chi connectivity index (χ1) is 13.3. The van der Waals surface area contributed by atoms with Gasteiger partial charge in [0.2, 0.25) is 0 Å². The Morgan fingerprint density at radius 2 is 1.61 bits per heavy atom. The zero-order chi connectivity index (χ0) is 20.3. The molecule has 3 aromatic carbocycles. The largest absolute Gasteiger partial charge is 0.490 e. The highest BCUT2D eigenvalue weighted by Gasteiger charge is 2.19. The van der Waals surface area contributed by atoms with Gasteiger partial charge < -0.3 is 14.6 Å². The lowest BCUT2D eigenvalue weighted by molar-refractivity contribution is 0.0693. The van der Waals surface area contributed by atoms with Gasteiger partial charge in [0.25, 0.3) is 0 Å². The van der Waals surface area contributed by atoms with Crippen molar-refractivity contribution in [3.05, 3.63) is 71.3 Å². The molecule has 0 atom stereocenters. The summed E-state index contributed by atoms with van der Waals surface area (Å²) in [5.74, 6) is 0.199. The van der Waals surface area contributed by atoms with Crippen LogP contribution in [-0.2, 0) is 5.41 Å². The number of carboxylic acids is 1. The Bertz CT molecular complexity index is 999. The van der Waals surface area contributed by atoms with Crippen LogP contribution in [-0.4, -0.2) is 24.3 Å². The number of aromatic carboxylic acids is 1. The van der Waals surface area contributed by atoms with Gasteiger partial charge in [-0.2, -0.15) is 0 Å². The fourth-order valence-corrected chi connectivity index (χ4v) is 3.26. The van der Waals surface area contributed by atoms with E-state index in [1.807, 2.05) is 37.3 Å². The maximum atomic E-state index is 11.8. The first-order valence-corrected chi connectivity index (χ1v) is 9.39. The molecular weight excluding hydrogens is 352 g/mol. The van der Waals surface area contributed by atoms with Crippen molar-refractivity contribution in [2.24, 2.45) is 0 Å². The quantitative estimate of drug-likeness (QED) is 0.567. The number of aryl methyl sites for hydroxylation is 1. The molecule has 0 fully saturated rings. The molecule has 3 rings (SSSR count). The van der Waals surface area contributed by atoms with E-state index in [9.17, 15) is 9.90 Å². The summed E-state index contributed by atoms with van der Waals surface area (Å²) in [6.45, 7) is 9.07. The van der Waals surface area contributed by atoms with Gasteiger partial charge in [-0.3, -0.25) is 0 Å². The molecule has 3 aromatic rings. The third-order valence-electron chi connectivity index (χ3n) is 4.65. The fraction of sp³-hybridized carbons (Fsp3) is 0.292. The molecule has 0 saturated carbocycles. The summed E-state index contributed by atoms with van der Waals surface area (Å²) >= 11 is 0. The van der Waals surface area contributed by atoms with Gasteiger partial charge in [0, 0.05) is 0 Å². The zero-order valence-corrected chi connectivity index (χ0v) is 16.8. The number of ether oxygens (including phenoxy) is 2. The fourth-order valence-electron chi connectivity index (χ4n) is 3.26. The van der Waals surface area contributed by atoms with E-state index in [4.69, 9.17) is 9.47 Å². The summed E-state index contributed by atoms with van der Waals surface area (Å²) in [4.78, 5) is 11.8. The molecule has 0 heterocycles. The van der Waals surface area contributed by atoms with Gasteiger partial charge in [-0.25, -0.2) is 4.79 Å². The van der Waals surface area contributed by atoms with Crippen LogP contribution >= 0.6 is 0 Å². The second-order valence-electron chi connectivity index (χ2n) is 7.91. The molecule has 28 heavy (non-hydrogen) atoms. The van der Waals surface area contributed by atoms with Crippen LogP contribution in [0.4, 0.5) is 0 Å². The summed E-state index contributed by atoms with van der Waals surface area (Å²) in [7, 11) is 0. The Morgan fingerprint density at radius 3 is 2.29 bits per heavy atom. The molecule has 0 aliphatic heterocycles. The van der Waals surface area contributed by atoms with Crippen LogP contribution in [0, 0.1) is 6.92 Å². The molecule has 0 aromatic heterocycles. The van der Waals surface area contributed by atoms with Gasteiger partial charge >= 0.3 is 5.97 Å². The minimum absolute atomic E-state index is 0.0291. The van der Waals surface area contributed by atoms with Crippen molar-refractivity contribution in [1.29, 1.82) is 0 Å². The zero-order valence-electron chi connectivity index (χ0n) is 16.8. The normalized spacial score (nSPS) is 11.4. The Labute approximate surface area is 165 Å². The number of rotatable bonds is 6. The molecule has 0 saturated heterocycles. The van der Waals surface area contributed by atoms with Crippen molar-refractivity contribution in [2.45, 2.75) is 33.1 Å². The molecule has 1 N–H and O–H groups in total. The predicted molar refractivity (Wildman–Crippen MR) is 112 cm³/mol. The lowest BCUT2D eigenvalue weighted by Crippen LogP contribution is -2.16. The van der Waals surface area contributed by atoms with Gasteiger partial charge in [0.05, 0.1) is 0 Å². The second-order valence-corrected chi connectivity index (χ2v) is 7.91. The van der Waals surface area contributed by atoms with E-state index in [0.717, 1.165) is 22.3 Å². The van der Waals surface area contributed by atoms with Crippen LogP contribution in [0.1, 0.15) is 42.3 Å². The van der Waals surface area contributed by atoms with Crippen LogP contribution in [0.15, 0.2) is 54.6 Å². The molecule has 4 heteroatoms. The van der Waals surface area contributed by atoms with Gasteiger partial charge in [0.15, 0.2) is 0 Å². The average Bonchev–Trinajstić information content (AvgIpc) is 2.63. The summed E-state index contributed by atoms with van der Waals surface area (Å²) in [5, 5.41) is 11.2. The number of carbonyl (C=O) groups is 1. The molecule has 4 nitrogen and oxygen atoms in total. The van der Waals surface area contributed by atoms with Crippen LogP contribution in [0.3, 0.4) is 0 Å². The number of carboxylic acid groups (broad SMARTS) is 1. The van der Waals surface area contributed by atoms with Crippen molar-refractivity contribution < 1.29 is 19.4 Å². The van der Waals surface area contributed by atoms with E-state index in [1.54, 1.807) is 12.1 Å². The number of benzene rings is 3. The van der Waals surface area contributed by atoms with Gasteiger partial charge in [-0.1, -0.05) is 63.2 Å². The van der Waals surface area contributed by atoms with Crippen molar-refractivity contribution in [3.8, 4) is 11.5 Å². The first-order valence-electron chi connectivity index (χ1n) is 9.39. The summed E-state index contributed by atoms with van der Waals surface area (Å²) < 4.78 is 11.8. The summed E-state index contributed by atoms with van der Waals surface area (Å²) in [5.41, 5.74) is 2.42. The van der Waals surface area contributed by atoms with Crippen LogP contribution < -0.4 is 9.47 Å². The maximum absolute atomic E-state index is 11.8. The smallest absolute Gasteiger partial charge is 0.340 e. The predicted octanol–water partition coefficient (Wildman–Crippen LogP) is 5.60. The highest BCUT2D eigenvalue weighted by Crippen LogP contribution is 2.32. The SMILES string of the molecule is Cc1ccc(C(C)(C)C)c(OCCOc2ccc3ccccc3c2C(=O)O)c1. The number of fused-ring (bicyclic) bond motifs is 1. The molecule has 0 bridgehead atoms. The Balaban J connectivity index is 1.74. The Kier molecular flexibility index (Phi) is 5.59. The van der Waals surface area contributed by atoms with Crippen molar-refractivity contribution in [2.75, 3.05) is 13.2 Å². The highest BCUT2D eigenvalue weighted by molar-refractivity contribution is 6.06. The van der Waals surface area contributed by atoms with Crippen LogP contribution in [0.2, 0.25) is 0 Å². The van der Waals surface area contributed by atoms with E-state index in [1.165, 1.54) is 0 Å². The molecule has 0 spiro atoms. The van der Waals surface area contributed by atoms with Crippen molar-refractivity contribution in [1.82, 2.24) is 0 Å². The Hall–Kier alpha value is -3.01. The van der Waals surface area contributed by atoms with E-state index < -0.39 is 5.97 Å². The van der Waals surface area contributed by atoms with Crippen LogP contribution in [0.5, 0.6) is 11.5 Å². The molecule has 0 amide bonds. The maximum Gasteiger partial charge on any atom is 0.340 e. The molecule has 0 aliphatic carbocycles. The monoisotopic (exact) mass is 378 g/mol. The molecule has 0 unspecified atom stereocenters. The molecule has 0 radical (unpaired) electrons. The third-order valence-corrected chi connectivity index (χ3v) is 4.65. The topological polar surface area (TPSA) is 55.8 Å². The molecule has 146 valence electrons. The third kappa shape index (κ3) is 4.28. The Morgan fingerprint density at radius 1 is 0.929 bits per heavy atom. The highest BCUT2D eigenvalue weighted by atomic mass is 16.5. The van der Waals surface area contributed by atoms with Gasteiger partial charge in [-0.15, -0.1) is 0 Å². The standard InChI is InChI=1S/C24H26O4/c1-16-9-11-19(24(2,3)4)21(15-16)28-14-13-27-20-12-10-17-7-5-6-8-18(17)22(20)23(25)26/h5-12,15H,13-14H2,1-4H3,(H,25,26). The lowest BCUT2D eigenvalue weighted by atomic mass is 9.86. The summed E-state index contributed by atoms with van der Waals surface area (Å²) in [6.07, 6.45) is 0. The first kappa shape index (κ1) is 19.7. The average molecular weight is 378 g/mol.